The molecular formula is C16H25NO. The molecule has 1 aromatic carbocycles. The number of anilines is 1. The average molecular weight is 247 g/mol. The zero-order chi connectivity index (χ0) is 14.1. The molecule has 18 heavy (non-hydrogen) atoms. The molecule has 0 aliphatic heterocycles. The molecule has 1 unspecified atom stereocenters. The summed E-state index contributed by atoms with van der Waals surface area (Å²) in [6.07, 6.45) is 0. The second-order valence-corrected chi connectivity index (χ2v) is 6.35. The summed E-state index contributed by atoms with van der Waals surface area (Å²) < 4.78 is 0. The lowest BCUT2D eigenvalue weighted by molar-refractivity contribution is -0.122. The Morgan fingerprint density at radius 2 is 1.56 bits per heavy atom. The van der Waals surface area contributed by atoms with Crippen LogP contribution in [0.25, 0.3) is 0 Å². The van der Waals surface area contributed by atoms with Crippen LogP contribution in [0.1, 0.15) is 44.4 Å². The first kappa shape index (κ1) is 14.7. The van der Waals surface area contributed by atoms with Gasteiger partial charge < -0.3 is 5.32 Å². The van der Waals surface area contributed by atoms with Crippen LogP contribution in [0.5, 0.6) is 0 Å². The zero-order valence-electron chi connectivity index (χ0n) is 12.6. The maximum atomic E-state index is 12.2. The Morgan fingerprint density at radius 3 is 1.94 bits per heavy atom. The lowest BCUT2D eigenvalue weighted by atomic mass is 9.81. The van der Waals surface area contributed by atoms with Gasteiger partial charge in [0.25, 0.3) is 0 Å². The van der Waals surface area contributed by atoms with Crippen LogP contribution in [0.4, 0.5) is 5.69 Å². The first-order valence-corrected chi connectivity index (χ1v) is 6.51. The standard InChI is InChI=1S/C16H25NO/c1-10-8-11(2)14(12(3)9-10)17-15(18)13(4)16(5,6)7/h8-9,13H,1-7H3,(H,17,18). The summed E-state index contributed by atoms with van der Waals surface area (Å²) in [7, 11) is 0. The largest absolute Gasteiger partial charge is 0.325 e. The molecule has 0 fully saturated rings. The van der Waals surface area contributed by atoms with Crippen molar-refractivity contribution in [2.45, 2.75) is 48.5 Å². The van der Waals surface area contributed by atoms with E-state index >= 15 is 0 Å². The van der Waals surface area contributed by atoms with Crippen molar-refractivity contribution < 1.29 is 4.79 Å². The highest BCUT2D eigenvalue weighted by Crippen LogP contribution is 2.28. The van der Waals surface area contributed by atoms with Crippen LogP contribution >= 0.6 is 0 Å². The van der Waals surface area contributed by atoms with Gasteiger partial charge in [0.15, 0.2) is 0 Å². The predicted molar refractivity (Wildman–Crippen MR) is 77.9 cm³/mol. The van der Waals surface area contributed by atoms with Gasteiger partial charge >= 0.3 is 0 Å². The highest BCUT2D eigenvalue weighted by atomic mass is 16.1. The van der Waals surface area contributed by atoms with Crippen molar-refractivity contribution in [2.75, 3.05) is 5.32 Å². The molecule has 2 heteroatoms. The number of carbonyl (C=O) groups is 1. The lowest BCUT2D eigenvalue weighted by Crippen LogP contribution is -2.31. The minimum Gasteiger partial charge on any atom is -0.325 e. The third-order valence-electron chi connectivity index (χ3n) is 3.62. The summed E-state index contributed by atoms with van der Waals surface area (Å²) in [6.45, 7) is 14.4. The molecule has 2 nitrogen and oxygen atoms in total. The Kier molecular flexibility index (Phi) is 4.20. The molecule has 1 amide bonds. The molecule has 0 aliphatic carbocycles. The fraction of sp³-hybridized carbons (Fsp3) is 0.562. The molecule has 0 saturated heterocycles. The SMILES string of the molecule is Cc1cc(C)c(NC(=O)C(C)C(C)(C)C)c(C)c1. The van der Waals surface area contributed by atoms with Crippen molar-refractivity contribution in [1.82, 2.24) is 0 Å². The van der Waals surface area contributed by atoms with Crippen LogP contribution < -0.4 is 5.32 Å². The fourth-order valence-corrected chi connectivity index (χ4v) is 2.00. The van der Waals surface area contributed by atoms with E-state index in [2.05, 4.69) is 45.1 Å². The number of rotatable bonds is 2. The summed E-state index contributed by atoms with van der Waals surface area (Å²) >= 11 is 0. The summed E-state index contributed by atoms with van der Waals surface area (Å²) in [6, 6.07) is 4.20. The van der Waals surface area contributed by atoms with Crippen LogP contribution in [-0.4, -0.2) is 5.91 Å². The molecule has 1 aromatic rings. The van der Waals surface area contributed by atoms with Gasteiger partial charge in [-0.2, -0.15) is 0 Å². The van der Waals surface area contributed by atoms with Crippen molar-refractivity contribution in [2.24, 2.45) is 11.3 Å². The van der Waals surface area contributed by atoms with E-state index in [0.717, 1.165) is 16.8 Å². The number of carbonyl (C=O) groups excluding carboxylic acids is 1. The van der Waals surface area contributed by atoms with Gasteiger partial charge in [0.1, 0.15) is 0 Å². The minimum absolute atomic E-state index is 0.0161. The van der Waals surface area contributed by atoms with Gasteiger partial charge in [-0.25, -0.2) is 0 Å². The first-order valence-electron chi connectivity index (χ1n) is 6.51. The maximum Gasteiger partial charge on any atom is 0.227 e. The quantitative estimate of drug-likeness (QED) is 0.832. The van der Waals surface area contributed by atoms with Gasteiger partial charge in [0.05, 0.1) is 0 Å². The summed E-state index contributed by atoms with van der Waals surface area (Å²) in [5, 5.41) is 3.07. The van der Waals surface area contributed by atoms with Crippen molar-refractivity contribution in [3.8, 4) is 0 Å². The summed E-state index contributed by atoms with van der Waals surface area (Å²) in [5.41, 5.74) is 4.42. The van der Waals surface area contributed by atoms with Crippen molar-refractivity contribution in [3.05, 3.63) is 28.8 Å². The van der Waals surface area contributed by atoms with Gasteiger partial charge in [-0.1, -0.05) is 45.4 Å². The number of hydrogen-bond acceptors (Lipinski definition) is 1. The van der Waals surface area contributed by atoms with E-state index in [1.807, 2.05) is 20.8 Å². The maximum absolute atomic E-state index is 12.2. The molecule has 0 saturated carbocycles. The van der Waals surface area contributed by atoms with Gasteiger partial charge in [-0.3, -0.25) is 4.79 Å². The third kappa shape index (κ3) is 3.34. The Balaban J connectivity index is 2.96. The van der Waals surface area contributed by atoms with E-state index in [4.69, 9.17) is 0 Å². The summed E-state index contributed by atoms with van der Waals surface area (Å²) in [4.78, 5) is 12.2. The van der Waals surface area contributed by atoms with E-state index in [1.165, 1.54) is 5.56 Å². The van der Waals surface area contributed by atoms with Gasteiger partial charge in [0.2, 0.25) is 5.91 Å². The van der Waals surface area contributed by atoms with Crippen LogP contribution in [0.3, 0.4) is 0 Å². The van der Waals surface area contributed by atoms with Gasteiger partial charge in [-0.05, 0) is 37.3 Å². The van der Waals surface area contributed by atoms with E-state index in [9.17, 15) is 4.79 Å². The third-order valence-corrected chi connectivity index (χ3v) is 3.62. The second-order valence-electron chi connectivity index (χ2n) is 6.35. The molecule has 0 heterocycles. The van der Waals surface area contributed by atoms with Crippen molar-refractivity contribution in [3.63, 3.8) is 0 Å². The average Bonchev–Trinajstić information content (AvgIpc) is 2.20. The number of benzene rings is 1. The molecule has 1 rings (SSSR count). The van der Waals surface area contributed by atoms with E-state index < -0.39 is 0 Å². The Labute approximate surface area is 111 Å². The first-order chi connectivity index (χ1) is 8.12. The van der Waals surface area contributed by atoms with Gasteiger partial charge in [0, 0.05) is 11.6 Å². The van der Waals surface area contributed by atoms with Crippen LogP contribution in [0, 0.1) is 32.1 Å². The topological polar surface area (TPSA) is 29.1 Å². The minimum atomic E-state index is -0.0173. The molecule has 1 atom stereocenters. The smallest absolute Gasteiger partial charge is 0.227 e. The van der Waals surface area contributed by atoms with Gasteiger partial charge in [-0.15, -0.1) is 0 Å². The van der Waals surface area contributed by atoms with Crippen LogP contribution in [-0.2, 0) is 4.79 Å². The van der Waals surface area contributed by atoms with E-state index in [-0.39, 0.29) is 17.2 Å². The van der Waals surface area contributed by atoms with Crippen molar-refractivity contribution in [1.29, 1.82) is 0 Å². The highest BCUT2D eigenvalue weighted by Gasteiger charge is 2.27. The number of amides is 1. The highest BCUT2D eigenvalue weighted by molar-refractivity contribution is 5.94. The number of aryl methyl sites for hydroxylation is 3. The second kappa shape index (κ2) is 5.13. The summed E-state index contributed by atoms with van der Waals surface area (Å²) in [5.74, 6) is 0.0788. The number of nitrogens with one attached hydrogen (secondary N) is 1. The fourth-order valence-electron chi connectivity index (χ4n) is 2.00. The molecule has 0 bridgehead atoms. The predicted octanol–water partition coefficient (Wildman–Crippen LogP) is 4.23. The Bertz CT molecular complexity index is 432. The van der Waals surface area contributed by atoms with E-state index in [0.29, 0.717) is 0 Å². The molecule has 0 spiro atoms. The normalized spacial score (nSPS) is 13.3. The lowest BCUT2D eigenvalue weighted by Gasteiger charge is -2.26. The molecular weight excluding hydrogens is 222 g/mol. The van der Waals surface area contributed by atoms with Crippen molar-refractivity contribution >= 4 is 11.6 Å². The molecule has 0 aromatic heterocycles. The number of hydrogen-bond donors (Lipinski definition) is 1. The molecule has 100 valence electrons. The van der Waals surface area contributed by atoms with Crippen LogP contribution in [0.15, 0.2) is 12.1 Å². The zero-order valence-corrected chi connectivity index (χ0v) is 12.6. The molecule has 0 aliphatic rings. The van der Waals surface area contributed by atoms with E-state index in [1.54, 1.807) is 0 Å². The monoisotopic (exact) mass is 247 g/mol. The molecule has 1 N–H and O–H groups in total. The van der Waals surface area contributed by atoms with Crippen LogP contribution in [0.2, 0.25) is 0 Å². The Hall–Kier alpha value is -1.31. The Morgan fingerprint density at radius 1 is 1.11 bits per heavy atom. The molecule has 0 radical (unpaired) electrons.